The van der Waals surface area contributed by atoms with Gasteiger partial charge in [-0.2, -0.15) is 0 Å². The predicted molar refractivity (Wildman–Crippen MR) is 110 cm³/mol. The number of carbonyl (C=O) groups is 1. The molecular formula is C19H22N4O4S. The average molecular weight is 402 g/mol. The number of hydrogen-bond donors (Lipinski definition) is 1. The minimum atomic E-state index is -3.64. The Morgan fingerprint density at radius 1 is 1.04 bits per heavy atom. The molecule has 1 aromatic heterocycles. The number of nitrogens with zero attached hydrogens (tertiary/aromatic N) is 3. The molecule has 0 radical (unpaired) electrons. The molecule has 148 valence electrons. The number of fused-ring (bicyclic) bond motifs is 1. The topological polar surface area (TPSA) is 93.4 Å². The van der Waals surface area contributed by atoms with E-state index in [9.17, 15) is 18.0 Å². The molecule has 0 bridgehead atoms. The third kappa shape index (κ3) is 3.79. The number of benzene rings is 2. The fraction of sp³-hybridized carbons (Fsp3) is 0.263. The molecule has 28 heavy (non-hydrogen) atoms. The van der Waals surface area contributed by atoms with Gasteiger partial charge >= 0.3 is 5.69 Å². The molecule has 3 aromatic rings. The number of amides is 1. The van der Waals surface area contributed by atoms with Gasteiger partial charge < -0.3 is 5.32 Å². The van der Waals surface area contributed by atoms with Crippen LogP contribution in [-0.2, 0) is 28.9 Å². The van der Waals surface area contributed by atoms with Crippen molar-refractivity contribution in [2.45, 2.75) is 6.92 Å². The summed E-state index contributed by atoms with van der Waals surface area (Å²) in [4.78, 5) is 24.5. The molecule has 8 nitrogen and oxygen atoms in total. The van der Waals surface area contributed by atoms with Gasteiger partial charge in [-0.1, -0.05) is 17.7 Å². The molecule has 1 N–H and O–H groups in total. The monoisotopic (exact) mass is 402 g/mol. The quantitative estimate of drug-likeness (QED) is 0.701. The van der Waals surface area contributed by atoms with Crippen molar-refractivity contribution in [2.75, 3.05) is 22.4 Å². The van der Waals surface area contributed by atoms with Crippen LogP contribution in [0.3, 0.4) is 0 Å². The maximum absolute atomic E-state index is 12.5. The van der Waals surface area contributed by atoms with Gasteiger partial charge in [-0.15, -0.1) is 0 Å². The van der Waals surface area contributed by atoms with E-state index in [4.69, 9.17) is 0 Å². The lowest BCUT2D eigenvalue weighted by atomic mass is 10.2. The molecule has 9 heteroatoms. The Labute approximate surface area is 163 Å². The molecule has 1 amide bonds. The lowest BCUT2D eigenvalue weighted by Crippen LogP contribution is -2.37. The maximum Gasteiger partial charge on any atom is 0.328 e. The molecule has 0 unspecified atom stereocenters. The van der Waals surface area contributed by atoms with Crippen LogP contribution in [0, 0.1) is 6.92 Å². The van der Waals surface area contributed by atoms with Crippen LogP contribution >= 0.6 is 0 Å². The van der Waals surface area contributed by atoms with Crippen LogP contribution in [0.15, 0.2) is 47.3 Å². The van der Waals surface area contributed by atoms with Crippen LogP contribution in [-0.4, -0.2) is 36.3 Å². The van der Waals surface area contributed by atoms with Crippen LogP contribution in [0.4, 0.5) is 11.4 Å². The number of carbonyl (C=O) groups excluding carboxylic acids is 1. The first-order chi connectivity index (χ1) is 13.1. The highest BCUT2D eigenvalue weighted by Gasteiger charge is 2.21. The van der Waals surface area contributed by atoms with Crippen LogP contribution in [0.25, 0.3) is 11.0 Å². The first-order valence-corrected chi connectivity index (χ1v) is 10.4. The summed E-state index contributed by atoms with van der Waals surface area (Å²) in [5.41, 5.74) is 3.14. The average Bonchev–Trinajstić information content (AvgIpc) is 2.84. The number of imidazole rings is 1. The summed E-state index contributed by atoms with van der Waals surface area (Å²) in [6.07, 6.45) is 1.06. The van der Waals surface area contributed by atoms with Gasteiger partial charge in [0, 0.05) is 19.8 Å². The van der Waals surface area contributed by atoms with Gasteiger partial charge in [0.05, 0.1) is 23.0 Å². The fourth-order valence-corrected chi connectivity index (χ4v) is 3.88. The predicted octanol–water partition coefficient (Wildman–Crippen LogP) is 1.59. The first kappa shape index (κ1) is 19.7. The Kier molecular flexibility index (Phi) is 5.03. The van der Waals surface area contributed by atoms with Crippen molar-refractivity contribution in [3.8, 4) is 0 Å². The van der Waals surface area contributed by atoms with Crippen LogP contribution in [0.2, 0.25) is 0 Å². The number of nitrogens with one attached hydrogen (secondary N) is 1. The number of hydrogen-bond acceptors (Lipinski definition) is 4. The lowest BCUT2D eigenvalue weighted by molar-refractivity contribution is -0.114. The highest BCUT2D eigenvalue weighted by molar-refractivity contribution is 7.92. The van der Waals surface area contributed by atoms with Crippen molar-refractivity contribution in [1.29, 1.82) is 0 Å². The van der Waals surface area contributed by atoms with E-state index in [1.807, 2.05) is 6.92 Å². The van der Waals surface area contributed by atoms with E-state index in [1.54, 1.807) is 56.6 Å². The summed E-state index contributed by atoms with van der Waals surface area (Å²) in [6.45, 7) is 1.54. The van der Waals surface area contributed by atoms with Crippen LogP contribution < -0.4 is 15.3 Å². The zero-order valence-electron chi connectivity index (χ0n) is 16.1. The maximum atomic E-state index is 12.5. The second-order valence-corrected chi connectivity index (χ2v) is 8.66. The van der Waals surface area contributed by atoms with Crippen molar-refractivity contribution < 1.29 is 13.2 Å². The lowest BCUT2D eigenvalue weighted by Gasteiger charge is -2.22. The Balaban J connectivity index is 1.85. The minimum absolute atomic E-state index is 0.166. The van der Waals surface area contributed by atoms with Gasteiger partial charge in [0.25, 0.3) is 0 Å². The summed E-state index contributed by atoms with van der Waals surface area (Å²) in [6, 6.07) is 12.0. The third-order valence-corrected chi connectivity index (χ3v) is 5.71. The van der Waals surface area contributed by atoms with Crippen molar-refractivity contribution in [3.63, 3.8) is 0 Å². The summed E-state index contributed by atoms with van der Waals surface area (Å²) in [7, 11) is -0.311. The zero-order valence-corrected chi connectivity index (χ0v) is 16.9. The minimum Gasteiger partial charge on any atom is -0.324 e. The van der Waals surface area contributed by atoms with Crippen molar-refractivity contribution in [3.05, 3.63) is 58.5 Å². The Morgan fingerprint density at radius 3 is 2.25 bits per heavy atom. The molecule has 0 aliphatic heterocycles. The highest BCUT2D eigenvalue weighted by Crippen LogP contribution is 2.20. The summed E-state index contributed by atoms with van der Waals surface area (Å²) in [5, 5.41) is 2.70. The zero-order chi connectivity index (χ0) is 20.6. The molecule has 0 atom stereocenters. The number of sulfonamides is 1. The van der Waals surface area contributed by atoms with Crippen LogP contribution in [0.5, 0.6) is 0 Å². The van der Waals surface area contributed by atoms with Gasteiger partial charge in [-0.3, -0.25) is 18.2 Å². The third-order valence-electron chi connectivity index (χ3n) is 4.57. The Bertz CT molecular complexity index is 1210. The second kappa shape index (κ2) is 7.16. The molecule has 0 spiro atoms. The summed E-state index contributed by atoms with van der Waals surface area (Å²) in [5.74, 6) is -0.480. The Morgan fingerprint density at radius 2 is 1.64 bits per heavy atom. The number of anilines is 2. The van der Waals surface area contributed by atoms with Crippen molar-refractivity contribution in [2.24, 2.45) is 14.1 Å². The number of aromatic nitrogens is 2. The Hall–Kier alpha value is -3.07. The normalized spacial score (nSPS) is 11.6. The van der Waals surface area contributed by atoms with Crippen LogP contribution in [0.1, 0.15) is 5.56 Å². The highest BCUT2D eigenvalue weighted by atomic mass is 32.2. The summed E-state index contributed by atoms with van der Waals surface area (Å²) >= 11 is 0. The molecule has 0 aliphatic rings. The van der Waals surface area contributed by atoms with Crippen molar-refractivity contribution >= 4 is 38.3 Å². The molecule has 3 rings (SSSR count). The van der Waals surface area contributed by atoms with E-state index >= 15 is 0 Å². The summed E-state index contributed by atoms with van der Waals surface area (Å²) < 4.78 is 28.4. The molecule has 0 aliphatic carbocycles. The van der Waals surface area contributed by atoms with Gasteiger partial charge in [0.2, 0.25) is 15.9 Å². The SMILES string of the molecule is Cc1ccc(N(CC(=O)Nc2ccc3c(c2)n(C)c(=O)n3C)S(C)(=O)=O)cc1. The van der Waals surface area contributed by atoms with Crippen molar-refractivity contribution in [1.82, 2.24) is 9.13 Å². The van der Waals surface area contributed by atoms with E-state index in [-0.39, 0.29) is 12.2 Å². The van der Waals surface area contributed by atoms with Gasteiger partial charge in [-0.05, 0) is 37.3 Å². The van der Waals surface area contributed by atoms with E-state index < -0.39 is 15.9 Å². The van der Waals surface area contributed by atoms with E-state index in [1.165, 1.54) is 9.13 Å². The molecule has 0 saturated heterocycles. The van der Waals surface area contributed by atoms with Gasteiger partial charge in [0.1, 0.15) is 6.54 Å². The fourth-order valence-electron chi connectivity index (χ4n) is 3.03. The largest absolute Gasteiger partial charge is 0.328 e. The van der Waals surface area contributed by atoms with Gasteiger partial charge in [0.15, 0.2) is 0 Å². The molecule has 0 saturated carbocycles. The second-order valence-electron chi connectivity index (χ2n) is 6.76. The first-order valence-electron chi connectivity index (χ1n) is 8.57. The van der Waals surface area contributed by atoms with E-state index in [2.05, 4.69) is 5.32 Å². The molecule has 2 aromatic carbocycles. The van der Waals surface area contributed by atoms with E-state index in [0.717, 1.165) is 21.6 Å². The standard InChI is InChI=1S/C19H22N4O4S/c1-13-5-8-15(9-6-13)23(28(4,26)27)12-18(24)20-14-7-10-16-17(11-14)22(3)19(25)21(16)2/h5-11H,12H2,1-4H3,(H,20,24). The molecule has 1 heterocycles. The molecule has 0 fully saturated rings. The number of rotatable bonds is 5. The smallest absolute Gasteiger partial charge is 0.324 e. The van der Waals surface area contributed by atoms with Gasteiger partial charge in [-0.25, -0.2) is 13.2 Å². The number of aryl methyl sites for hydroxylation is 3. The molecular weight excluding hydrogens is 380 g/mol. The van der Waals surface area contributed by atoms with E-state index in [0.29, 0.717) is 16.9 Å².